The van der Waals surface area contributed by atoms with Crippen molar-refractivity contribution in [3.8, 4) is 0 Å². The van der Waals surface area contributed by atoms with E-state index in [2.05, 4.69) is 24.0 Å². The Bertz CT molecular complexity index is 398. The molecule has 1 aliphatic heterocycles. The van der Waals surface area contributed by atoms with Crippen molar-refractivity contribution in [1.29, 1.82) is 0 Å². The van der Waals surface area contributed by atoms with Gasteiger partial charge in [0.15, 0.2) is 0 Å². The van der Waals surface area contributed by atoms with Crippen molar-refractivity contribution in [2.24, 2.45) is 0 Å². The van der Waals surface area contributed by atoms with E-state index in [9.17, 15) is 0 Å². The SMILES string of the molecule is Cc1cc(N)cc(N2CCOC3CCCC32)c1. The average molecular weight is 232 g/mol. The highest BCUT2D eigenvalue weighted by Gasteiger charge is 2.36. The summed E-state index contributed by atoms with van der Waals surface area (Å²) in [7, 11) is 0. The van der Waals surface area contributed by atoms with Crippen LogP contribution < -0.4 is 10.6 Å². The van der Waals surface area contributed by atoms with Crippen molar-refractivity contribution in [3.05, 3.63) is 23.8 Å². The van der Waals surface area contributed by atoms with E-state index in [0.717, 1.165) is 18.8 Å². The maximum atomic E-state index is 5.95. The van der Waals surface area contributed by atoms with Crippen molar-refractivity contribution in [2.75, 3.05) is 23.8 Å². The molecule has 0 spiro atoms. The maximum absolute atomic E-state index is 5.95. The number of aryl methyl sites for hydroxylation is 1. The summed E-state index contributed by atoms with van der Waals surface area (Å²) in [6, 6.07) is 6.91. The fourth-order valence-electron chi connectivity index (χ4n) is 3.20. The molecule has 1 aromatic carbocycles. The number of nitrogens with two attached hydrogens (primary N) is 1. The molecule has 0 amide bonds. The molecular formula is C14H20N2O. The minimum Gasteiger partial charge on any atom is -0.399 e. The average Bonchev–Trinajstić information content (AvgIpc) is 2.75. The molecular weight excluding hydrogens is 212 g/mol. The monoisotopic (exact) mass is 232 g/mol. The van der Waals surface area contributed by atoms with E-state index in [4.69, 9.17) is 10.5 Å². The van der Waals surface area contributed by atoms with Gasteiger partial charge in [0.2, 0.25) is 0 Å². The van der Waals surface area contributed by atoms with E-state index in [1.165, 1.54) is 30.5 Å². The summed E-state index contributed by atoms with van der Waals surface area (Å²) < 4.78 is 5.84. The molecule has 3 heteroatoms. The van der Waals surface area contributed by atoms with Gasteiger partial charge in [-0.1, -0.05) is 0 Å². The summed E-state index contributed by atoms with van der Waals surface area (Å²) in [5.74, 6) is 0. The number of benzene rings is 1. The second kappa shape index (κ2) is 4.22. The highest BCUT2D eigenvalue weighted by molar-refractivity contribution is 5.59. The smallest absolute Gasteiger partial charge is 0.0779 e. The predicted molar refractivity (Wildman–Crippen MR) is 70.3 cm³/mol. The Morgan fingerprint density at radius 2 is 2.18 bits per heavy atom. The van der Waals surface area contributed by atoms with Crippen LogP contribution in [0.1, 0.15) is 24.8 Å². The molecule has 2 fully saturated rings. The van der Waals surface area contributed by atoms with Crippen LogP contribution in [0.15, 0.2) is 18.2 Å². The van der Waals surface area contributed by atoms with Crippen LogP contribution in [0, 0.1) is 6.92 Å². The zero-order chi connectivity index (χ0) is 11.8. The van der Waals surface area contributed by atoms with Crippen LogP contribution in [0.25, 0.3) is 0 Å². The molecule has 3 rings (SSSR count). The van der Waals surface area contributed by atoms with E-state index in [1.54, 1.807) is 0 Å². The van der Waals surface area contributed by atoms with Crippen molar-refractivity contribution >= 4 is 11.4 Å². The zero-order valence-corrected chi connectivity index (χ0v) is 10.4. The zero-order valence-electron chi connectivity index (χ0n) is 10.4. The number of nitrogens with zero attached hydrogens (tertiary/aromatic N) is 1. The Labute approximate surface area is 103 Å². The van der Waals surface area contributed by atoms with E-state index >= 15 is 0 Å². The Morgan fingerprint density at radius 3 is 3.00 bits per heavy atom. The molecule has 2 unspecified atom stereocenters. The summed E-state index contributed by atoms with van der Waals surface area (Å²) in [6.45, 7) is 3.94. The molecule has 1 aromatic rings. The Kier molecular flexibility index (Phi) is 2.71. The lowest BCUT2D eigenvalue weighted by Crippen LogP contribution is -2.48. The molecule has 0 aromatic heterocycles. The van der Waals surface area contributed by atoms with Crippen LogP contribution in [-0.2, 0) is 4.74 Å². The molecule has 0 radical (unpaired) electrons. The Hall–Kier alpha value is -1.22. The number of rotatable bonds is 1. The fraction of sp³-hybridized carbons (Fsp3) is 0.571. The van der Waals surface area contributed by atoms with Crippen LogP contribution >= 0.6 is 0 Å². The van der Waals surface area contributed by atoms with Crippen LogP contribution in [0.5, 0.6) is 0 Å². The predicted octanol–water partition coefficient (Wildman–Crippen LogP) is 2.33. The van der Waals surface area contributed by atoms with Crippen molar-refractivity contribution in [2.45, 2.75) is 38.3 Å². The number of anilines is 2. The van der Waals surface area contributed by atoms with Gasteiger partial charge in [0, 0.05) is 17.9 Å². The minimum absolute atomic E-state index is 0.436. The number of ether oxygens (including phenoxy) is 1. The van der Waals surface area contributed by atoms with E-state index in [1.807, 2.05) is 6.07 Å². The first-order valence-electron chi connectivity index (χ1n) is 6.49. The molecule has 1 saturated carbocycles. The van der Waals surface area contributed by atoms with E-state index in [0.29, 0.717) is 12.1 Å². The summed E-state index contributed by atoms with van der Waals surface area (Å²) in [5, 5.41) is 0. The Morgan fingerprint density at radius 1 is 1.29 bits per heavy atom. The second-order valence-corrected chi connectivity index (χ2v) is 5.20. The van der Waals surface area contributed by atoms with E-state index in [-0.39, 0.29) is 0 Å². The van der Waals surface area contributed by atoms with Gasteiger partial charge < -0.3 is 15.4 Å². The highest BCUT2D eigenvalue weighted by atomic mass is 16.5. The molecule has 92 valence electrons. The van der Waals surface area contributed by atoms with Gasteiger partial charge in [-0.25, -0.2) is 0 Å². The van der Waals surface area contributed by atoms with Crippen LogP contribution in [-0.4, -0.2) is 25.3 Å². The van der Waals surface area contributed by atoms with Crippen molar-refractivity contribution < 1.29 is 4.74 Å². The normalized spacial score (nSPS) is 28.2. The molecule has 2 aliphatic rings. The highest BCUT2D eigenvalue weighted by Crippen LogP contribution is 2.34. The van der Waals surface area contributed by atoms with Crippen LogP contribution in [0.2, 0.25) is 0 Å². The van der Waals surface area contributed by atoms with Gasteiger partial charge in [0.25, 0.3) is 0 Å². The summed E-state index contributed by atoms with van der Waals surface area (Å²) >= 11 is 0. The van der Waals surface area contributed by atoms with Gasteiger partial charge in [-0.05, 0) is 49.9 Å². The van der Waals surface area contributed by atoms with E-state index < -0.39 is 0 Å². The van der Waals surface area contributed by atoms with Gasteiger partial charge in [-0.15, -0.1) is 0 Å². The number of hydrogen-bond acceptors (Lipinski definition) is 3. The van der Waals surface area contributed by atoms with Crippen LogP contribution in [0.4, 0.5) is 11.4 Å². The van der Waals surface area contributed by atoms with Crippen LogP contribution in [0.3, 0.4) is 0 Å². The standard InChI is InChI=1S/C14H20N2O/c1-10-7-11(15)9-12(8-10)16-5-6-17-14-4-2-3-13(14)16/h7-9,13-14H,2-6,15H2,1H3. The van der Waals surface area contributed by atoms with Gasteiger partial charge in [0.1, 0.15) is 0 Å². The maximum Gasteiger partial charge on any atom is 0.0779 e. The third-order valence-electron chi connectivity index (χ3n) is 3.90. The summed E-state index contributed by atoms with van der Waals surface area (Å²) in [6.07, 6.45) is 4.18. The first-order valence-corrected chi connectivity index (χ1v) is 6.49. The van der Waals surface area contributed by atoms with Gasteiger partial charge in [0.05, 0.1) is 18.8 Å². The van der Waals surface area contributed by atoms with Crippen molar-refractivity contribution in [3.63, 3.8) is 0 Å². The fourth-order valence-corrected chi connectivity index (χ4v) is 3.20. The Balaban J connectivity index is 1.91. The molecule has 1 aliphatic carbocycles. The molecule has 2 atom stereocenters. The molecule has 0 bridgehead atoms. The second-order valence-electron chi connectivity index (χ2n) is 5.20. The summed E-state index contributed by atoms with van der Waals surface area (Å²) in [5.41, 5.74) is 9.31. The minimum atomic E-state index is 0.436. The lowest BCUT2D eigenvalue weighted by molar-refractivity contribution is 0.0256. The largest absolute Gasteiger partial charge is 0.399 e. The quantitative estimate of drug-likeness (QED) is 0.755. The topological polar surface area (TPSA) is 38.5 Å². The lowest BCUT2D eigenvalue weighted by Gasteiger charge is -2.39. The first-order chi connectivity index (χ1) is 8.24. The third-order valence-corrected chi connectivity index (χ3v) is 3.90. The molecule has 17 heavy (non-hydrogen) atoms. The molecule has 1 saturated heterocycles. The van der Waals surface area contributed by atoms with Gasteiger partial charge >= 0.3 is 0 Å². The van der Waals surface area contributed by atoms with Crippen molar-refractivity contribution in [1.82, 2.24) is 0 Å². The molecule has 2 N–H and O–H groups in total. The number of hydrogen-bond donors (Lipinski definition) is 1. The molecule has 1 heterocycles. The third kappa shape index (κ3) is 2.00. The summed E-state index contributed by atoms with van der Waals surface area (Å²) in [4.78, 5) is 2.49. The lowest BCUT2D eigenvalue weighted by atomic mass is 10.1. The number of fused-ring (bicyclic) bond motifs is 1. The number of nitrogen functional groups attached to an aromatic ring is 1. The van der Waals surface area contributed by atoms with Gasteiger partial charge in [-0.3, -0.25) is 0 Å². The number of morpholine rings is 1. The molecule has 3 nitrogen and oxygen atoms in total. The first kappa shape index (κ1) is 10.9. The van der Waals surface area contributed by atoms with Gasteiger partial charge in [-0.2, -0.15) is 0 Å².